The molecule has 0 unspecified atom stereocenters. The molecule has 0 saturated heterocycles. The largest absolute Gasteiger partial charge is 0.368 e. The molecule has 2 aromatic rings. The molecule has 0 aliphatic carbocycles. The van der Waals surface area contributed by atoms with Crippen LogP contribution in [-0.4, -0.2) is 28.5 Å². The Morgan fingerprint density at radius 1 is 1.24 bits per heavy atom. The minimum absolute atomic E-state index is 0.148. The highest BCUT2D eigenvalue weighted by molar-refractivity contribution is 7.07. The molecule has 0 aliphatic heterocycles. The summed E-state index contributed by atoms with van der Waals surface area (Å²) in [6.07, 6.45) is 0.936. The highest BCUT2D eigenvalue weighted by Gasteiger charge is 2.07. The number of nitrogens with zero attached hydrogens (tertiary/aromatic N) is 4. The Balaban J connectivity index is 2.01. The molecule has 0 amide bonds. The topological polar surface area (TPSA) is 94.0 Å². The Hall–Kier alpha value is -1.89. The van der Waals surface area contributed by atoms with Crippen molar-refractivity contribution >= 4 is 29.2 Å². The van der Waals surface area contributed by atoms with E-state index in [1.165, 1.54) is 5.56 Å². The second-order valence-electron chi connectivity index (χ2n) is 3.65. The Bertz CT molecular complexity index is 463. The second kappa shape index (κ2) is 4.96. The smallest absolute Gasteiger partial charge is 0.231 e. The minimum atomic E-state index is 0.148. The first kappa shape index (κ1) is 11.6. The molecule has 0 atom stereocenters. The van der Waals surface area contributed by atoms with Crippen molar-refractivity contribution in [1.82, 2.24) is 15.0 Å². The molecule has 0 saturated carbocycles. The van der Waals surface area contributed by atoms with Gasteiger partial charge in [-0.15, -0.1) is 0 Å². The van der Waals surface area contributed by atoms with Crippen molar-refractivity contribution in [2.75, 3.05) is 30.0 Å². The Labute approximate surface area is 103 Å². The zero-order valence-electron chi connectivity index (χ0n) is 9.50. The SMILES string of the molecule is CN(CCc1ccsc1)c1nc(N)nc(N)n1. The van der Waals surface area contributed by atoms with Crippen molar-refractivity contribution < 1.29 is 0 Å². The lowest BCUT2D eigenvalue weighted by Crippen LogP contribution is -2.23. The predicted octanol–water partition coefficient (Wildman–Crippen LogP) is 0.776. The van der Waals surface area contributed by atoms with Gasteiger partial charge in [-0.2, -0.15) is 26.3 Å². The van der Waals surface area contributed by atoms with E-state index in [2.05, 4.69) is 31.8 Å². The average molecular weight is 250 g/mol. The number of anilines is 3. The summed E-state index contributed by atoms with van der Waals surface area (Å²) in [4.78, 5) is 13.7. The van der Waals surface area contributed by atoms with Crippen LogP contribution in [-0.2, 0) is 6.42 Å². The van der Waals surface area contributed by atoms with Gasteiger partial charge >= 0.3 is 0 Å². The van der Waals surface area contributed by atoms with E-state index >= 15 is 0 Å². The van der Waals surface area contributed by atoms with Crippen LogP contribution < -0.4 is 16.4 Å². The van der Waals surface area contributed by atoms with Gasteiger partial charge in [0, 0.05) is 13.6 Å². The summed E-state index contributed by atoms with van der Waals surface area (Å²) in [5, 5.41) is 4.19. The van der Waals surface area contributed by atoms with E-state index in [1.54, 1.807) is 11.3 Å². The molecule has 0 aromatic carbocycles. The van der Waals surface area contributed by atoms with E-state index in [0.29, 0.717) is 5.95 Å². The summed E-state index contributed by atoms with van der Waals surface area (Å²) < 4.78 is 0. The number of hydrogen-bond donors (Lipinski definition) is 2. The van der Waals surface area contributed by atoms with E-state index in [4.69, 9.17) is 11.5 Å². The van der Waals surface area contributed by atoms with Crippen molar-refractivity contribution in [3.05, 3.63) is 22.4 Å². The van der Waals surface area contributed by atoms with Gasteiger partial charge in [-0.05, 0) is 28.8 Å². The Morgan fingerprint density at radius 3 is 2.53 bits per heavy atom. The highest BCUT2D eigenvalue weighted by atomic mass is 32.1. The fourth-order valence-electron chi connectivity index (χ4n) is 1.40. The van der Waals surface area contributed by atoms with Gasteiger partial charge < -0.3 is 16.4 Å². The van der Waals surface area contributed by atoms with E-state index < -0.39 is 0 Å². The van der Waals surface area contributed by atoms with Crippen molar-refractivity contribution in [2.24, 2.45) is 0 Å². The van der Waals surface area contributed by atoms with Crippen LogP contribution in [0, 0.1) is 0 Å². The van der Waals surface area contributed by atoms with E-state index in [1.807, 2.05) is 11.9 Å². The van der Waals surface area contributed by atoms with Crippen LogP contribution in [0.4, 0.5) is 17.8 Å². The van der Waals surface area contributed by atoms with Crippen molar-refractivity contribution in [3.8, 4) is 0 Å². The van der Waals surface area contributed by atoms with Gasteiger partial charge in [0.05, 0.1) is 0 Å². The summed E-state index contributed by atoms with van der Waals surface area (Å²) in [7, 11) is 1.90. The van der Waals surface area contributed by atoms with Crippen LogP contribution in [0.1, 0.15) is 5.56 Å². The molecule has 2 heterocycles. The summed E-state index contributed by atoms with van der Waals surface area (Å²) in [5.41, 5.74) is 12.3. The number of aromatic nitrogens is 3. The number of rotatable bonds is 4. The number of hydrogen-bond acceptors (Lipinski definition) is 7. The average Bonchev–Trinajstić information content (AvgIpc) is 2.77. The molecular weight excluding hydrogens is 236 g/mol. The van der Waals surface area contributed by atoms with Crippen molar-refractivity contribution in [3.63, 3.8) is 0 Å². The zero-order chi connectivity index (χ0) is 12.3. The number of likely N-dealkylation sites (N-methyl/N-ethyl adjacent to an activating group) is 1. The Morgan fingerprint density at radius 2 is 1.94 bits per heavy atom. The summed E-state index contributed by atoms with van der Waals surface area (Å²) >= 11 is 1.69. The van der Waals surface area contributed by atoms with Gasteiger partial charge in [-0.25, -0.2) is 0 Å². The van der Waals surface area contributed by atoms with E-state index in [-0.39, 0.29) is 11.9 Å². The van der Waals surface area contributed by atoms with Crippen LogP contribution in [0.3, 0.4) is 0 Å². The molecule has 0 aliphatic rings. The maximum Gasteiger partial charge on any atom is 0.231 e. The number of thiophene rings is 1. The lowest BCUT2D eigenvalue weighted by Gasteiger charge is -2.16. The number of nitrogens with two attached hydrogens (primary N) is 2. The summed E-state index contributed by atoms with van der Waals surface area (Å²) in [6, 6.07) is 2.11. The van der Waals surface area contributed by atoms with Gasteiger partial charge in [0.25, 0.3) is 0 Å². The standard InChI is InChI=1S/C10H14N6S/c1-16(4-2-7-3-5-17-6-7)10-14-8(11)13-9(12)15-10/h3,5-6H,2,4H2,1H3,(H4,11,12,13,14,15). The lowest BCUT2D eigenvalue weighted by atomic mass is 10.2. The first-order chi connectivity index (χ1) is 8.15. The summed E-state index contributed by atoms with van der Waals surface area (Å²) in [5.74, 6) is 0.801. The Kier molecular flexibility index (Phi) is 3.38. The van der Waals surface area contributed by atoms with Gasteiger partial charge in [0.2, 0.25) is 17.8 Å². The van der Waals surface area contributed by atoms with Crippen LogP contribution >= 0.6 is 11.3 Å². The molecule has 0 radical (unpaired) electrons. The molecule has 0 spiro atoms. The van der Waals surface area contributed by atoms with Gasteiger partial charge in [0.1, 0.15) is 0 Å². The fourth-order valence-corrected chi connectivity index (χ4v) is 2.10. The third kappa shape index (κ3) is 3.04. The van der Waals surface area contributed by atoms with Gasteiger partial charge in [-0.3, -0.25) is 0 Å². The molecule has 17 heavy (non-hydrogen) atoms. The van der Waals surface area contributed by atoms with Gasteiger partial charge in [0.15, 0.2) is 0 Å². The lowest BCUT2D eigenvalue weighted by molar-refractivity contribution is 0.835. The highest BCUT2D eigenvalue weighted by Crippen LogP contribution is 2.11. The first-order valence-corrected chi connectivity index (χ1v) is 6.08. The molecule has 4 N–H and O–H groups in total. The monoisotopic (exact) mass is 250 g/mol. The van der Waals surface area contributed by atoms with Crippen molar-refractivity contribution in [1.29, 1.82) is 0 Å². The molecule has 0 bridgehead atoms. The fraction of sp³-hybridized carbons (Fsp3) is 0.300. The quantitative estimate of drug-likeness (QED) is 0.832. The molecule has 7 heteroatoms. The van der Waals surface area contributed by atoms with Crippen LogP contribution in [0.5, 0.6) is 0 Å². The molecule has 2 rings (SSSR count). The minimum Gasteiger partial charge on any atom is -0.368 e. The molecule has 2 aromatic heterocycles. The first-order valence-electron chi connectivity index (χ1n) is 5.14. The van der Waals surface area contributed by atoms with Crippen LogP contribution in [0.15, 0.2) is 16.8 Å². The number of nitrogen functional groups attached to an aromatic ring is 2. The molecule has 6 nitrogen and oxygen atoms in total. The van der Waals surface area contributed by atoms with E-state index in [0.717, 1.165) is 13.0 Å². The third-order valence-electron chi connectivity index (χ3n) is 2.32. The van der Waals surface area contributed by atoms with Crippen LogP contribution in [0.25, 0.3) is 0 Å². The normalized spacial score (nSPS) is 10.4. The third-order valence-corrected chi connectivity index (χ3v) is 3.05. The summed E-state index contributed by atoms with van der Waals surface area (Å²) in [6.45, 7) is 0.805. The van der Waals surface area contributed by atoms with Crippen molar-refractivity contribution in [2.45, 2.75) is 6.42 Å². The molecular formula is C10H14N6S. The second-order valence-corrected chi connectivity index (χ2v) is 4.43. The van der Waals surface area contributed by atoms with Gasteiger partial charge in [-0.1, -0.05) is 0 Å². The molecule has 0 fully saturated rings. The predicted molar refractivity (Wildman–Crippen MR) is 69.9 cm³/mol. The zero-order valence-corrected chi connectivity index (χ0v) is 10.3. The molecule has 90 valence electrons. The van der Waals surface area contributed by atoms with Crippen LogP contribution in [0.2, 0.25) is 0 Å². The van der Waals surface area contributed by atoms with E-state index in [9.17, 15) is 0 Å². The maximum absolute atomic E-state index is 5.52. The maximum atomic E-state index is 5.52.